The molecule has 9 nitrogen and oxygen atoms in total. The molecule has 2 aromatic carbocycles. The lowest BCUT2D eigenvalue weighted by Crippen LogP contribution is -2.53. The Morgan fingerprint density at radius 1 is 0.745 bits per heavy atom. The van der Waals surface area contributed by atoms with Gasteiger partial charge in [-0.2, -0.15) is 0 Å². The largest absolute Gasteiger partial charge is 0.368 e. The van der Waals surface area contributed by atoms with E-state index in [1.54, 1.807) is 6.92 Å². The first-order valence-corrected chi connectivity index (χ1v) is 19.4. The third-order valence-electron chi connectivity index (χ3n) is 11.6. The third kappa shape index (κ3) is 8.39. The van der Waals surface area contributed by atoms with E-state index in [-0.39, 0.29) is 37.1 Å². The van der Waals surface area contributed by atoms with Gasteiger partial charge in [-0.25, -0.2) is 27.5 Å². The van der Waals surface area contributed by atoms with Gasteiger partial charge in [-0.05, 0) is 85.8 Å². The molecule has 0 bridgehead atoms. The van der Waals surface area contributed by atoms with Crippen LogP contribution in [0.15, 0.2) is 48.8 Å². The summed E-state index contributed by atoms with van der Waals surface area (Å²) < 4.78 is 65.8. The number of rotatable bonds is 11. The average molecular weight is 765 g/mol. The van der Waals surface area contributed by atoms with E-state index in [9.17, 15) is 22.4 Å². The fraction of sp³-hybridized carbons (Fsp3) is 0.548. The van der Waals surface area contributed by atoms with Crippen LogP contribution in [0.5, 0.6) is 0 Å². The smallest absolute Gasteiger partial charge is 0.271 e. The van der Waals surface area contributed by atoms with Gasteiger partial charge >= 0.3 is 0 Å². The molecule has 7 rings (SSSR count). The van der Waals surface area contributed by atoms with Crippen molar-refractivity contribution in [2.45, 2.75) is 115 Å². The second-order valence-electron chi connectivity index (χ2n) is 16.9. The number of aromatic amines is 2. The maximum atomic E-state index is 13.7. The Kier molecular flexibility index (Phi) is 10.5. The molecule has 4 heterocycles. The highest BCUT2D eigenvalue weighted by Gasteiger charge is 2.47. The van der Waals surface area contributed by atoms with Crippen LogP contribution in [0, 0.1) is 11.8 Å². The molecule has 0 saturated carbocycles. The first-order chi connectivity index (χ1) is 25.9. The lowest BCUT2D eigenvalue weighted by atomic mass is 9.83. The van der Waals surface area contributed by atoms with Gasteiger partial charge < -0.3 is 30.1 Å². The van der Waals surface area contributed by atoms with Gasteiger partial charge in [-0.3, -0.25) is 4.79 Å². The van der Waals surface area contributed by atoms with Crippen molar-refractivity contribution in [1.82, 2.24) is 30.6 Å². The summed E-state index contributed by atoms with van der Waals surface area (Å²) in [6.45, 7) is 10.7. The lowest BCUT2D eigenvalue weighted by Gasteiger charge is -2.38. The van der Waals surface area contributed by atoms with Crippen LogP contribution in [-0.4, -0.2) is 68.6 Å². The molecule has 4 N–H and O–H groups in total. The Hall–Kier alpha value is -4.07. The molecule has 2 aromatic heterocycles. The average Bonchev–Trinajstić information content (AvgIpc) is 3.84. The number of carbonyl (C=O) groups is 1. The van der Waals surface area contributed by atoms with Crippen molar-refractivity contribution < 1.29 is 31.8 Å². The zero-order chi connectivity index (χ0) is 39.3. The summed E-state index contributed by atoms with van der Waals surface area (Å²) in [6.07, 6.45) is 5.14. The Morgan fingerprint density at radius 3 is 1.73 bits per heavy atom. The van der Waals surface area contributed by atoms with Gasteiger partial charge in [0.2, 0.25) is 0 Å². The quantitative estimate of drug-likeness (QED) is 0.114. The van der Waals surface area contributed by atoms with E-state index in [4.69, 9.17) is 19.4 Å². The van der Waals surface area contributed by atoms with E-state index in [1.165, 1.54) is 22.3 Å². The van der Waals surface area contributed by atoms with Crippen molar-refractivity contribution in [2.24, 2.45) is 11.8 Å². The van der Waals surface area contributed by atoms with Crippen LogP contribution in [0.25, 0.3) is 33.6 Å². The number of halogens is 4. The SMILES string of the molecule is CC(C)[C@H](NC[C@@]1(C)CCC(F)(F)CO1)c1nc(-c2ccc3c(c2)CCc2cc(-c4c[nH]c([C@@H](NC(=O)[C@@]5(C)CCC(F)(F)CO5)C(C)C)n4)ccc2-3)c[nH]1. The van der Waals surface area contributed by atoms with Crippen LogP contribution in [0.1, 0.15) is 102 Å². The molecule has 2 saturated heterocycles. The summed E-state index contributed by atoms with van der Waals surface area (Å²) in [5, 5.41) is 6.55. The van der Waals surface area contributed by atoms with Crippen LogP contribution in [0.2, 0.25) is 0 Å². The number of benzene rings is 2. The van der Waals surface area contributed by atoms with Gasteiger partial charge in [-0.1, -0.05) is 52.0 Å². The molecule has 4 atom stereocenters. The Morgan fingerprint density at radius 2 is 1.25 bits per heavy atom. The second-order valence-corrected chi connectivity index (χ2v) is 16.9. The Bertz CT molecular complexity index is 2000. The monoisotopic (exact) mass is 764 g/mol. The molecule has 0 unspecified atom stereocenters. The number of aryl methyl sites for hydroxylation is 2. The Balaban J connectivity index is 1.03. The number of H-pyrrole nitrogens is 2. The van der Waals surface area contributed by atoms with Crippen molar-refractivity contribution in [3.8, 4) is 33.6 Å². The number of carbonyl (C=O) groups excluding carboxylic acids is 1. The molecule has 1 aliphatic carbocycles. The number of aromatic nitrogens is 4. The fourth-order valence-corrected chi connectivity index (χ4v) is 7.84. The molecular weight excluding hydrogens is 712 g/mol. The molecule has 1 amide bonds. The summed E-state index contributed by atoms with van der Waals surface area (Å²) in [7, 11) is 0. The van der Waals surface area contributed by atoms with Gasteiger partial charge in [-0.15, -0.1) is 0 Å². The Labute approximate surface area is 319 Å². The summed E-state index contributed by atoms with van der Waals surface area (Å²) in [5.74, 6) is -4.54. The van der Waals surface area contributed by atoms with Gasteiger partial charge in [0.15, 0.2) is 0 Å². The maximum absolute atomic E-state index is 13.7. The maximum Gasteiger partial charge on any atom is 0.271 e. The topological polar surface area (TPSA) is 117 Å². The van der Waals surface area contributed by atoms with Crippen LogP contribution in [-0.2, 0) is 27.1 Å². The van der Waals surface area contributed by atoms with E-state index in [1.807, 2.05) is 33.2 Å². The first-order valence-electron chi connectivity index (χ1n) is 19.4. The number of ether oxygens (including phenoxy) is 2. The summed E-state index contributed by atoms with van der Waals surface area (Å²) in [5.41, 5.74) is 6.42. The molecule has 3 aliphatic rings. The minimum atomic E-state index is -2.92. The zero-order valence-electron chi connectivity index (χ0n) is 32.4. The van der Waals surface area contributed by atoms with Gasteiger partial charge in [0.05, 0.1) is 29.1 Å². The van der Waals surface area contributed by atoms with Gasteiger partial charge in [0, 0.05) is 42.9 Å². The number of alkyl halides is 4. The molecule has 55 heavy (non-hydrogen) atoms. The van der Waals surface area contributed by atoms with Gasteiger partial charge in [0.1, 0.15) is 30.5 Å². The predicted octanol–water partition coefficient (Wildman–Crippen LogP) is 8.74. The van der Waals surface area contributed by atoms with E-state index < -0.39 is 54.6 Å². The van der Waals surface area contributed by atoms with Crippen molar-refractivity contribution in [3.05, 3.63) is 71.6 Å². The van der Waals surface area contributed by atoms with Crippen LogP contribution < -0.4 is 10.6 Å². The van der Waals surface area contributed by atoms with Gasteiger partial charge in [0.25, 0.3) is 17.8 Å². The summed E-state index contributed by atoms with van der Waals surface area (Å²) in [4.78, 5) is 29.7. The second kappa shape index (κ2) is 14.8. The summed E-state index contributed by atoms with van der Waals surface area (Å²) >= 11 is 0. The minimum absolute atomic E-state index is 0.0201. The number of nitrogens with zero attached hydrogens (tertiary/aromatic N) is 2. The van der Waals surface area contributed by atoms with E-state index >= 15 is 0 Å². The minimum Gasteiger partial charge on any atom is -0.368 e. The molecule has 0 radical (unpaired) electrons. The molecule has 2 aliphatic heterocycles. The molecular formula is C42H52F4N6O3. The van der Waals surface area contributed by atoms with E-state index in [0.29, 0.717) is 12.4 Å². The lowest BCUT2D eigenvalue weighted by molar-refractivity contribution is -0.190. The van der Waals surface area contributed by atoms with Crippen molar-refractivity contribution in [2.75, 3.05) is 19.8 Å². The highest BCUT2D eigenvalue weighted by molar-refractivity contribution is 5.85. The van der Waals surface area contributed by atoms with E-state index in [0.717, 1.165) is 41.2 Å². The highest BCUT2D eigenvalue weighted by atomic mass is 19.3. The number of imidazole rings is 2. The predicted molar refractivity (Wildman–Crippen MR) is 203 cm³/mol. The normalized spacial score (nSPS) is 24.3. The van der Waals surface area contributed by atoms with Crippen LogP contribution in [0.3, 0.4) is 0 Å². The number of nitrogens with one attached hydrogen (secondary N) is 4. The van der Waals surface area contributed by atoms with Crippen LogP contribution in [0.4, 0.5) is 17.6 Å². The number of hydrogen-bond donors (Lipinski definition) is 4. The molecule has 13 heteroatoms. The highest BCUT2D eigenvalue weighted by Crippen LogP contribution is 2.39. The zero-order valence-corrected chi connectivity index (χ0v) is 32.4. The molecule has 4 aromatic rings. The number of fused-ring (bicyclic) bond motifs is 3. The molecule has 0 spiro atoms. The van der Waals surface area contributed by atoms with Crippen molar-refractivity contribution >= 4 is 5.91 Å². The van der Waals surface area contributed by atoms with E-state index in [2.05, 4.69) is 70.8 Å². The molecule has 2 fully saturated rings. The van der Waals surface area contributed by atoms with Crippen molar-refractivity contribution in [1.29, 1.82) is 0 Å². The van der Waals surface area contributed by atoms with Crippen molar-refractivity contribution in [3.63, 3.8) is 0 Å². The first kappa shape index (κ1) is 39.2. The third-order valence-corrected chi connectivity index (χ3v) is 11.6. The standard InChI is InChI=1S/C42H52F4N6O3/c1-24(2)34(49-21-39(5)13-15-41(43,44)22-54-39)36-47-19-32(50-36)28-9-11-30-26(17-28)7-8-27-18-29(10-12-31(27)30)33-20-48-37(51-33)35(25(3)4)52-38(53)40(6)14-16-42(45,46)23-55-40/h9-12,17-20,24-25,34-35,49H,7-8,13-16,21-23H2,1-6H3,(H,47,50)(H,48,51)(H,52,53)/t34-,35-,39+,40+/m0/s1. The fourth-order valence-electron chi connectivity index (χ4n) is 7.84. The summed E-state index contributed by atoms with van der Waals surface area (Å²) in [6, 6.07) is 12.3. The number of amides is 1. The number of hydrogen-bond acceptors (Lipinski definition) is 6. The van der Waals surface area contributed by atoms with Crippen LogP contribution >= 0.6 is 0 Å². The molecule has 296 valence electrons.